The van der Waals surface area contributed by atoms with Gasteiger partial charge in [0.25, 0.3) is 11.1 Å². The molecule has 27 heteroatoms. The predicted molar refractivity (Wildman–Crippen MR) is 146 cm³/mol. The average molecular weight is 720 g/mol. The van der Waals surface area contributed by atoms with Crippen LogP contribution in [0.5, 0.6) is 0 Å². The molecule has 0 aliphatic carbocycles. The van der Waals surface area contributed by atoms with Crippen LogP contribution in [0.2, 0.25) is 0 Å². The third-order valence-electron chi connectivity index (χ3n) is 6.70. The summed E-state index contributed by atoms with van der Waals surface area (Å²) >= 11 is 0. The van der Waals surface area contributed by atoms with Gasteiger partial charge in [0.15, 0.2) is 18.3 Å². The van der Waals surface area contributed by atoms with E-state index in [4.69, 9.17) is 9.47 Å². The van der Waals surface area contributed by atoms with E-state index in [1.54, 1.807) is 0 Å². The number of phosphoric acid groups is 3. The third-order valence-corrected chi connectivity index (χ3v) is 11.0. The van der Waals surface area contributed by atoms with E-state index in [2.05, 4.69) is 33.0 Å². The Morgan fingerprint density at radius 1 is 0.935 bits per heavy atom. The summed E-state index contributed by atoms with van der Waals surface area (Å²) in [5, 5.41) is 33.6. The molecular formula is C19H27N6O18P3. The molecule has 0 saturated carbocycles. The molecule has 2 saturated heterocycles. The summed E-state index contributed by atoms with van der Waals surface area (Å²) in [6, 6.07) is 0.917. The van der Waals surface area contributed by atoms with E-state index in [9.17, 15) is 58.1 Å². The van der Waals surface area contributed by atoms with Gasteiger partial charge < -0.3 is 54.7 Å². The van der Waals surface area contributed by atoms with Crippen molar-refractivity contribution in [3.05, 3.63) is 49.8 Å². The number of ether oxygens (including phenoxy) is 2. The molecule has 2 aromatic heterocycles. The van der Waals surface area contributed by atoms with Crippen LogP contribution in [0.3, 0.4) is 0 Å². The van der Waals surface area contributed by atoms with E-state index >= 15 is 0 Å². The fraction of sp³-hybridized carbons (Fsp3) is 0.579. The first kappa shape index (κ1) is 34.7. The minimum Gasteiger partial charge on any atom is -0.388 e. The topological polar surface area (TPSA) is 344 Å². The highest BCUT2D eigenvalue weighted by Crippen LogP contribution is 2.67. The van der Waals surface area contributed by atoms with Crippen molar-refractivity contribution in [2.24, 2.45) is 0 Å². The van der Waals surface area contributed by atoms with Crippen molar-refractivity contribution in [2.75, 3.05) is 30.1 Å². The lowest BCUT2D eigenvalue weighted by molar-refractivity contribution is -0.0542. The van der Waals surface area contributed by atoms with E-state index < -0.39 is 96.5 Å². The van der Waals surface area contributed by atoms with E-state index in [1.807, 2.05) is 4.98 Å². The van der Waals surface area contributed by atoms with Gasteiger partial charge in [-0.25, -0.2) is 23.5 Å². The first-order valence-corrected chi connectivity index (χ1v) is 17.4. The molecule has 0 bridgehead atoms. The molecule has 3 aliphatic heterocycles. The number of aromatic amines is 2. The lowest BCUT2D eigenvalue weighted by atomic mass is 10.1. The van der Waals surface area contributed by atoms with Crippen LogP contribution in [0.25, 0.3) is 0 Å². The van der Waals surface area contributed by atoms with Crippen molar-refractivity contribution in [1.82, 2.24) is 19.5 Å². The van der Waals surface area contributed by atoms with Crippen molar-refractivity contribution in [3.8, 4) is 0 Å². The minimum atomic E-state index is -5.90. The molecule has 0 spiro atoms. The van der Waals surface area contributed by atoms with Gasteiger partial charge in [-0.05, 0) is 0 Å². The fourth-order valence-electron chi connectivity index (χ4n) is 4.73. The molecule has 256 valence electrons. The highest BCUT2D eigenvalue weighted by Gasteiger charge is 2.48. The SMILES string of the molecule is O=c1ccn([C@@H]2O[C@H](COP(=O)(O)OP(=O)(O)OP(=O)(O)OC[C@@H]3C[C@@H](O)[C@@H](N4CNc5c4nc[nH]c5=O)O3)[C@@H](O)[C@H]2O)c(=O)[nH]1. The molecule has 3 aliphatic rings. The number of H-pyrrole nitrogens is 2. The molecule has 0 aromatic carbocycles. The van der Waals surface area contributed by atoms with Gasteiger partial charge in [-0.2, -0.15) is 8.62 Å². The van der Waals surface area contributed by atoms with Crippen LogP contribution in [0.15, 0.2) is 33.0 Å². The van der Waals surface area contributed by atoms with Gasteiger partial charge in [0.05, 0.1) is 32.3 Å². The van der Waals surface area contributed by atoms with Crippen molar-refractivity contribution in [1.29, 1.82) is 0 Å². The van der Waals surface area contributed by atoms with Crippen LogP contribution in [0, 0.1) is 0 Å². The smallest absolute Gasteiger partial charge is 0.388 e. The minimum absolute atomic E-state index is 0.0305. The van der Waals surface area contributed by atoms with E-state index in [0.717, 1.165) is 18.6 Å². The summed E-state index contributed by atoms with van der Waals surface area (Å²) < 4.78 is 65.6. The Kier molecular flexibility index (Phi) is 9.89. The van der Waals surface area contributed by atoms with E-state index in [1.165, 1.54) is 4.90 Å². The van der Waals surface area contributed by atoms with Crippen LogP contribution in [-0.4, -0.2) is 106 Å². The normalized spacial score (nSPS) is 31.5. The number of phosphoric ester groups is 2. The van der Waals surface area contributed by atoms with Crippen LogP contribution >= 0.6 is 23.5 Å². The van der Waals surface area contributed by atoms with Gasteiger partial charge in [0.1, 0.15) is 30.1 Å². The largest absolute Gasteiger partial charge is 0.490 e. The zero-order valence-corrected chi connectivity index (χ0v) is 25.6. The number of aliphatic hydroxyl groups is 3. The second-order valence-corrected chi connectivity index (χ2v) is 14.5. The van der Waals surface area contributed by atoms with Gasteiger partial charge in [-0.3, -0.25) is 28.2 Å². The number of hydrogen-bond donors (Lipinski definition) is 9. The summed E-state index contributed by atoms with van der Waals surface area (Å²) in [7, 11) is -17.0. The zero-order valence-electron chi connectivity index (χ0n) is 22.9. The summed E-state index contributed by atoms with van der Waals surface area (Å²) in [5.74, 6) is 0.175. The number of nitrogens with zero attached hydrogens (tertiary/aromatic N) is 3. The molecule has 5 heterocycles. The van der Waals surface area contributed by atoms with Gasteiger partial charge in [0.2, 0.25) is 0 Å². The van der Waals surface area contributed by atoms with E-state index in [-0.39, 0.29) is 24.6 Å². The summed E-state index contributed by atoms with van der Waals surface area (Å²) in [6.07, 6.45) is -8.26. The number of aromatic nitrogens is 4. The second kappa shape index (κ2) is 13.1. The standard InChI is InChI=1S/C19H27N6O18P3/c26-9-3-8(40-17(9)25-7-22-12-15(25)20-6-21-16(12)30)4-38-44(32,33)42-46(36,37)43-45(34,35)39-5-10-13(28)14(29)18(41-10)24-2-1-11(27)23-19(24)31/h1-2,6,8-10,13-14,17-18,22,26,28-29H,3-5,7H2,(H,32,33)(H,34,35)(H,36,37)(H,20,21,30)(H,23,27,31)/t8-,9+,10+,13+,14+,17-,18+/m0/s1. The molecule has 2 aromatic rings. The molecule has 5 rings (SSSR count). The Labute approximate surface area is 254 Å². The molecule has 0 radical (unpaired) electrons. The monoisotopic (exact) mass is 720 g/mol. The molecule has 0 amide bonds. The zero-order chi connectivity index (χ0) is 33.6. The Bertz CT molecular complexity index is 1770. The number of rotatable bonds is 12. The Morgan fingerprint density at radius 3 is 2.28 bits per heavy atom. The molecular weight excluding hydrogens is 693 g/mol. The van der Waals surface area contributed by atoms with Crippen molar-refractivity contribution in [2.45, 2.75) is 49.4 Å². The van der Waals surface area contributed by atoms with Gasteiger partial charge in [-0.15, -0.1) is 0 Å². The second-order valence-electron chi connectivity index (χ2n) is 9.91. The average Bonchev–Trinajstić information content (AvgIpc) is 3.61. The molecule has 3 unspecified atom stereocenters. The maximum absolute atomic E-state index is 12.3. The van der Waals surface area contributed by atoms with Crippen LogP contribution in [-0.2, 0) is 40.8 Å². The first-order chi connectivity index (χ1) is 21.5. The number of nitrogens with one attached hydrogen (secondary N) is 3. The summed E-state index contributed by atoms with van der Waals surface area (Å²) in [6.45, 7) is -1.84. The van der Waals surface area contributed by atoms with Crippen LogP contribution < -0.4 is 27.0 Å². The molecule has 9 N–H and O–H groups in total. The van der Waals surface area contributed by atoms with Crippen molar-refractivity contribution < 1.29 is 70.8 Å². The van der Waals surface area contributed by atoms with Crippen molar-refractivity contribution in [3.63, 3.8) is 0 Å². The van der Waals surface area contributed by atoms with E-state index in [0.29, 0.717) is 4.57 Å². The maximum atomic E-state index is 12.3. The lowest BCUT2D eigenvalue weighted by Gasteiger charge is -2.26. The maximum Gasteiger partial charge on any atom is 0.490 e. The quantitative estimate of drug-likeness (QED) is 0.0985. The lowest BCUT2D eigenvalue weighted by Crippen LogP contribution is -2.42. The first-order valence-electron chi connectivity index (χ1n) is 12.9. The Morgan fingerprint density at radius 2 is 1.61 bits per heavy atom. The Hall–Kier alpha value is -2.63. The molecule has 24 nitrogen and oxygen atoms in total. The number of anilines is 2. The van der Waals surface area contributed by atoms with Gasteiger partial charge >= 0.3 is 29.2 Å². The number of fused-ring (bicyclic) bond motifs is 1. The molecule has 10 atom stereocenters. The van der Waals surface area contributed by atoms with Gasteiger partial charge in [-0.1, -0.05) is 0 Å². The molecule has 46 heavy (non-hydrogen) atoms. The predicted octanol–water partition coefficient (Wildman–Crippen LogP) is -3.03. The summed E-state index contributed by atoms with van der Waals surface area (Å²) in [5.41, 5.74) is -2.12. The Balaban J connectivity index is 1.12. The fourth-order valence-corrected chi connectivity index (χ4v) is 8.27. The highest BCUT2D eigenvalue weighted by molar-refractivity contribution is 7.66. The number of hydrogen-bond acceptors (Lipinski definition) is 18. The van der Waals surface area contributed by atoms with Crippen LogP contribution in [0.4, 0.5) is 11.5 Å². The van der Waals surface area contributed by atoms with Gasteiger partial charge in [0, 0.05) is 18.7 Å². The summed E-state index contributed by atoms with van der Waals surface area (Å²) in [4.78, 5) is 74.5. The number of aliphatic hydroxyl groups excluding tert-OH is 3. The third kappa shape index (κ3) is 7.73. The highest BCUT2D eigenvalue weighted by atomic mass is 31.3. The molecule has 2 fully saturated rings. The van der Waals surface area contributed by atoms with Crippen LogP contribution in [0.1, 0.15) is 12.6 Å². The van der Waals surface area contributed by atoms with Crippen molar-refractivity contribution >= 4 is 35.0 Å².